The van der Waals surface area contributed by atoms with Gasteiger partial charge in [0.25, 0.3) is 5.91 Å². The number of nitrogens with zero attached hydrogens (tertiary/aromatic N) is 3. The monoisotopic (exact) mass is 542 g/mol. The zero-order chi connectivity index (χ0) is 26.7. The topological polar surface area (TPSA) is 131 Å². The highest BCUT2D eigenvalue weighted by Crippen LogP contribution is 2.32. The summed E-state index contributed by atoms with van der Waals surface area (Å²) < 4.78 is 40.6. The van der Waals surface area contributed by atoms with Crippen LogP contribution < -0.4 is 14.2 Å². The van der Waals surface area contributed by atoms with Gasteiger partial charge in [-0.15, -0.1) is 5.10 Å². The van der Waals surface area contributed by atoms with Crippen molar-refractivity contribution in [3.8, 4) is 17.2 Å². The first-order valence-corrected chi connectivity index (χ1v) is 14.0. The summed E-state index contributed by atoms with van der Waals surface area (Å²) in [5.74, 6) is 0.930. The third kappa shape index (κ3) is 5.86. The van der Waals surface area contributed by atoms with Gasteiger partial charge in [0.05, 0.1) is 25.9 Å². The number of hydrogen-bond acceptors (Lipinski definition) is 9. The molecular formula is C25H26N4O6S2. The molecule has 12 heteroatoms. The number of hydrazone groups is 1. The number of aryl methyl sites for hydroxylation is 1. The van der Waals surface area contributed by atoms with Crippen molar-refractivity contribution in [3.05, 3.63) is 58.7 Å². The van der Waals surface area contributed by atoms with Crippen molar-refractivity contribution in [3.63, 3.8) is 0 Å². The summed E-state index contributed by atoms with van der Waals surface area (Å²) in [7, 11) is -2.09. The maximum atomic E-state index is 12.6. The Labute approximate surface area is 219 Å². The Kier molecular flexibility index (Phi) is 7.69. The fourth-order valence-electron chi connectivity index (χ4n) is 3.49. The third-order valence-corrected chi connectivity index (χ3v) is 8.19. The van der Waals surface area contributed by atoms with Crippen LogP contribution in [0, 0.1) is 19.3 Å². The van der Waals surface area contributed by atoms with Gasteiger partial charge in [-0.2, -0.15) is 10.0 Å². The number of amidine groups is 2. The zero-order valence-corrected chi connectivity index (χ0v) is 22.4. The average molecular weight is 543 g/mol. The lowest BCUT2D eigenvalue weighted by molar-refractivity contribution is -0.114. The average Bonchev–Trinajstić information content (AvgIpc) is 3.29. The number of nitrogens with one attached hydrogen (secondary N) is 1. The number of amides is 1. The lowest BCUT2D eigenvalue weighted by Crippen LogP contribution is -2.35. The van der Waals surface area contributed by atoms with Gasteiger partial charge >= 0.3 is 0 Å². The molecule has 194 valence electrons. The maximum Gasteiger partial charge on any atom is 0.283 e. The van der Waals surface area contributed by atoms with Gasteiger partial charge in [0.1, 0.15) is 5.75 Å². The van der Waals surface area contributed by atoms with E-state index in [4.69, 9.17) is 19.6 Å². The summed E-state index contributed by atoms with van der Waals surface area (Å²) in [5, 5.41) is 13.4. The van der Waals surface area contributed by atoms with Crippen LogP contribution in [0.5, 0.6) is 17.2 Å². The Hall–Kier alpha value is -3.64. The quantitative estimate of drug-likeness (QED) is 0.394. The smallest absolute Gasteiger partial charge is 0.283 e. The molecule has 1 amide bonds. The van der Waals surface area contributed by atoms with E-state index in [1.54, 1.807) is 18.2 Å². The standard InChI is InChI=1S/C25H26N4O6S2/c1-15-7-5-8-19(16(15)2)34-11-6-12-35-20-10-9-17(14-21(20)33-3)13-18-22(26)29-24(27-23(18)30)36-25(28-29)37(4,31)32/h5,7-10,13-14,26H,6,11-12H2,1-4H3/b18-13-,26-22?. The minimum atomic E-state index is -3.60. The Morgan fingerprint density at radius 2 is 1.81 bits per heavy atom. The van der Waals surface area contributed by atoms with Gasteiger partial charge in [0, 0.05) is 12.7 Å². The Morgan fingerprint density at radius 1 is 1.08 bits per heavy atom. The summed E-state index contributed by atoms with van der Waals surface area (Å²) in [4.78, 5) is 16.5. The van der Waals surface area contributed by atoms with E-state index in [1.165, 1.54) is 18.7 Å². The second-order valence-corrected chi connectivity index (χ2v) is 11.5. The second-order valence-electron chi connectivity index (χ2n) is 8.32. The molecule has 0 saturated heterocycles. The molecule has 0 radical (unpaired) electrons. The van der Waals surface area contributed by atoms with E-state index >= 15 is 0 Å². The van der Waals surface area contributed by atoms with Gasteiger partial charge in [0.2, 0.25) is 19.4 Å². The minimum Gasteiger partial charge on any atom is -0.493 e. The molecule has 0 bridgehead atoms. The molecule has 2 aliphatic rings. The number of fused-ring (bicyclic) bond motifs is 1. The first-order valence-electron chi connectivity index (χ1n) is 11.3. The van der Waals surface area contributed by atoms with Crippen LogP contribution in [0.4, 0.5) is 0 Å². The molecule has 0 aromatic heterocycles. The molecule has 0 fully saturated rings. The molecule has 10 nitrogen and oxygen atoms in total. The Bertz CT molecular complexity index is 1460. The largest absolute Gasteiger partial charge is 0.493 e. The second kappa shape index (κ2) is 10.8. The first kappa shape index (κ1) is 26.4. The van der Waals surface area contributed by atoms with Crippen LogP contribution >= 0.6 is 11.8 Å². The first-order chi connectivity index (χ1) is 17.6. The van der Waals surface area contributed by atoms with Crippen LogP contribution in [0.25, 0.3) is 6.08 Å². The number of methoxy groups -OCH3 is 1. The maximum absolute atomic E-state index is 12.6. The highest BCUT2D eigenvalue weighted by atomic mass is 32.3. The molecular weight excluding hydrogens is 516 g/mol. The molecule has 0 unspecified atom stereocenters. The predicted molar refractivity (Wildman–Crippen MR) is 144 cm³/mol. The van der Waals surface area contributed by atoms with Gasteiger partial charge in [0.15, 0.2) is 17.3 Å². The van der Waals surface area contributed by atoms with Crippen LogP contribution in [0.3, 0.4) is 0 Å². The predicted octanol–water partition coefficient (Wildman–Crippen LogP) is 3.78. The molecule has 37 heavy (non-hydrogen) atoms. The Morgan fingerprint density at radius 3 is 2.51 bits per heavy atom. The molecule has 1 N–H and O–H groups in total. The molecule has 0 spiro atoms. The highest BCUT2D eigenvalue weighted by Gasteiger charge is 2.38. The van der Waals surface area contributed by atoms with Crippen LogP contribution in [-0.4, -0.2) is 61.3 Å². The molecule has 4 rings (SSSR count). The number of rotatable bonds is 8. The summed E-state index contributed by atoms with van der Waals surface area (Å²) in [6.07, 6.45) is 3.15. The van der Waals surface area contributed by atoms with Crippen molar-refractivity contribution in [1.29, 1.82) is 5.41 Å². The number of benzene rings is 2. The van der Waals surface area contributed by atoms with Crippen molar-refractivity contribution in [2.24, 2.45) is 10.1 Å². The third-order valence-electron chi connectivity index (χ3n) is 5.61. The zero-order valence-electron chi connectivity index (χ0n) is 20.8. The molecule has 2 aromatic carbocycles. The van der Waals surface area contributed by atoms with Crippen LogP contribution in [-0.2, 0) is 14.6 Å². The molecule has 0 atom stereocenters. The number of aliphatic imine (C=N–C) groups is 1. The number of carbonyl (C=O) groups is 1. The van der Waals surface area contributed by atoms with E-state index in [-0.39, 0.29) is 21.0 Å². The van der Waals surface area contributed by atoms with Crippen molar-refractivity contribution < 1.29 is 27.4 Å². The van der Waals surface area contributed by atoms with E-state index in [1.807, 2.05) is 32.0 Å². The fraction of sp³-hybridized carbons (Fsp3) is 0.280. The number of hydrogen-bond donors (Lipinski definition) is 1. The van der Waals surface area contributed by atoms with E-state index in [9.17, 15) is 13.2 Å². The number of thioether (sulfide) groups is 1. The van der Waals surface area contributed by atoms with Gasteiger partial charge in [-0.25, -0.2) is 8.42 Å². The van der Waals surface area contributed by atoms with Gasteiger partial charge in [-0.05, 0) is 66.6 Å². The molecule has 2 aliphatic heterocycles. The number of carbonyl (C=O) groups excluding carboxylic acids is 1. The number of ether oxygens (including phenoxy) is 3. The number of sulfone groups is 1. The lowest BCUT2D eigenvalue weighted by atomic mass is 10.1. The minimum absolute atomic E-state index is 0.0258. The summed E-state index contributed by atoms with van der Waals surface area (Å²) in [6.45, 7) is 4.99. The van der Waals surface area contributed by atoms with Crippen molar-refractivity contribution in [1.82, 2.24) is 5.01 Å². The molecule has 2 aromatic rings. The van der Waals surface area contributed by atoms with Gasteiger partial charge in [-0.1, -0.05) is 18.2 Å². The van der Waals surface area contributed by atoms with Crippen molar-refractivity contribution in [2.45, 2.75) is 20.3 Å². The van der Waals surface area contributed by atoms with Crippen molar-refractivity contribution >= 4 is 49.0 Å². The molecule has 2 heterocycles. The highest BCUT2D eigenvalue weighted by molar-refractivity contribution is 8.42. The fourth-order valence-corrected chi connectivity index (χ4v) is 5.17. The molecule has 0 aliphatic carbocycles. The summed E-state index contributed by atoms with van der Waals surface area (Å²) in [6, 6.07) is 11.1. The van der Waals surface area contributed by atoms with Crippen molar-refractivity contribution in [2.75, 3.05) is 26.6 Å². The van der Waals surface area contributed by atoms with Crippen LogP contribution in [0.2, 0.25) is 0 Å². The van der Waals surface area contributed by atoms with E-state index in [2.05, 4.69) is 10.1 Å². The lowest BCUT2D eigenvalue weighted by Gasteiger charge is -2.20. The summed E-state index contributed by atoms with van der Waals surface area (Å²) in [5.41, 5.74) is 2.85. The van der Waals surface area contributed by atoms with Gasteiger partial charge < -0.3 is 14.2 Å². The SMILES string of the molecule is COc1cc(/C=C2/C(=N)N3N=C(S(C)(=O)=O)SC3=NC2=O)ccc1OCCCOc1cccc(C)c1C. The van der Waals surface area contributed by atoms with Gasteiger partial charge in [-0.3, -0.25) is 10.2 Å². The normalized spacial score (nSPS) is 16.4. The van der Waals surface area contributed by atoms with E-state index in [0.717, 1.165) is 34.3 Å². The molecule has 0 saturated carbocycles. The van der Waals surface area contributed by atoms with Crippen LogP contribution in [0.1, 0.15) is 23.1 Å². The Balaban J connectivity index is 1.41. The van der Waals surface area contributed by atoms with Crippen LogP contribution in [0.15, 0.2) is 52.1 Å². The summed E-state index contributed by atoms with van der Waals surface area (Å²) >= 11 is 0.740. The van der Waals surface area contributed by atoms with E-state index < -0.39 is 15.7 Å². The van der Waals surface area contributed by atoms with E-state index in [0.29, 0.717) is 36.7 Å².